The van der Waals surface area contributed by atoms with Crippen LogP contribution in [0.4, 0.5) is 4.39 Å². The Morgan fingerprint density at radius 2 is 1.83 bits per heavy atom. The summed E-state index contributed by atoms with van der Waals surface area (Å²) in [5.74, 6) is -0.238. The van der Waals surface area contributed by atoms with Gasteiger partial charge in [-0.2, -0.15) is 0 Å². The fourth-order valence-electron chi connectivity index (χ4n) is 3.17. The first-order chi connectivity index (χ1) is 11.1. The summed E-state index contributed by atoms with van der Waals surface area (Å²) < 4.78 is 15.1. The van der Waals surface area contributed by atoms with Gasteiger partial charge in [0.15, 0.2) is 0 Å². The zero-order valence-electron chi connectivity index (χ0n) is 12.8. The molecule has 2 nitrogen and oxygen atoms in total. The molecule has 0 radical (unpaired) electrons. The van der Waals surface area contributed by atoms with E-state index < -0.39 is 6.04 Å². The van der Waals surface area contributed by atoms with E-state index in [1.807, 2.05) is 30.3 Å². The van der Waals surface area contributed by atoms with E-state index >= 15 is 0 Å². The first-order valence-electron chi connectivity index (χ1n) is 7.95. The average Bonchev–Trinajstić information content (AvgIpc) is 3.08. The lowest BCUT2D eigenvalue weighted by Gasteiger charge is -2.22. The molecule has 1 saturated carbocycles. The normalized spacial score (nSPS) is 16.3. The van der Waals surface area contributed by atoms with Crippen molar-refractivity contribution in [1.29, 1.82) is 0 Å². The highest BCUT2D eigenvalue weighted by Gasteiger charge is 2.27. The summed E-state index contributed by atoms with van der Waals surface area (Å²) in [6.07, 6.45) is 4.05. The van der Waals surface area contributed by atoms with Crippen LogP contribution >= 0.6 is 15.9 Å². The molecule has 0 aliphatic heterocycles. The van der Waals surface area contributed by atoms with Gasteiger partial charge in [0.1, 0.15) is 5.82 Å². The summed E-state index contributed by atoms with van der Waals surface area (Å²) >= 11 is 3.28. The molecule has 1 amide bonds. The van der Waals surface area contributed by atoms with Gasteiger partial charge in [-0.25, -0.2) is 4.39 Å². The van der Waals surface area contributed by atoms with Crippen LogP contribution in [-0.2, 0) is 4.79 Å². The first-order valence-corrected chi connectivity index (χ1v) is 8.75. The molecule has 23 heavy (non-hydrogen) atoms. The molecule has 0 aromatic heterocycles. The monoisotopic (exact) mass is 375 g/mol. The SMILES string of the molecule is O=C(NC(c1ccccc1)c1ccc(Br)cc1F)C1CCCC1. The number of carbonyl (C=O) groups excluding carboxylic acids is 1. The lowest BCUT2D eigenvalue weighted by molar-refractivity contribution is -0.125. The molecule has 0 heterocycles. The third kappa shape index (κ3) is 3.81. The smallest absolute Gasteiger partial charge is 0.223 e. The van der Waals surface area contributed by atoms with Crippen LogP contribution in [0.25, 0.3) is 0 Å². The van der Waals surface area contributed by atoms with E-state index in [0.29, 0.717) is 10.0 Å². The van der Waals surface area contributed by atoms with Crippen molar-refractivity contribution in [1.82, 2.24) is 5.32 Å². The first kappa shape index (κ1) is 16.2. The van der Waals surface area contributed by atoms with Crippen molar-refractivity contribution in [3.8, 4) is 0 Å². The molecule has 0 bridgehead atoms. The summed E-state index contributed by atoms with van der Waals surface area (Å²) in [7, 11) is 0. The number of rotatable bonds is 4. The van der Waals surface area contributed by atoms with Crippen LogP contribution in [0.2, 0.25) is 0 Å². The van der Waals surface area contributed by atoms with Gasteiger partial charge in [-0.15, -0.1) is 0 Å². The van der Waals surface area contributed by atoms with Gasteiger partial charge in [0.25, 0.3) is 0 Å². The van der Waals surface area contributed by atoms with Crippen molar-refractivity contribution in [3.63, 3.8) is 0 Å². The van der Waals surface area contributed by atoms with E-state index in [-0.39, 0.29) is 17.6 Å². The summed E-state index contributed by atoms with van der Waals surface area (Å²) in [5, 5.41) is 3.06. The standard InChI is InChI=1S/C19H19BrFNO/c20-15-10-11-16(17(21)12-15)18(13-6-2-1-3-7-13)22-19(23)14-8-4-5-9-14/h1-3,6-7,10-12,14,18H,4-5,8-9H2,(H,22,23). The maximum atomic E-state index is 14.4. The van der Waals surface area contributed by atoms with E-state index in [2.05, 4.69) is 21.2 Å². The molecular formula is C19H19BrFNO. The Kier molecular flexibility index (Phi) is 5.11. The number of carbonyl (C=O) groups is 1. The van der Waals surface area contributed by atoms with Gasteiger partial charge in [-0.1, -0.05) is 65.2 Å². The fraction of sp³-hybridized carbons (Fsp3) is 0.316. The molecule has 2 aromatic carbocycles. The zero-order valence-corrected chi connectivity index (χ0v) is 14.4. The van der Waals surface area contributed by atoms with Gasteiger partial charge in [0, 0.05) is 16.0 Å². The van der Waals surface area contributed by atoms with Crippen LogP contribution in [0, 0.1) is 11.7 Å². The summed E-state index contributed by atoms with van der Waals surface area (Å²) in [6.45, 7) is 0. The molecular weight excluding hydrogens is 357 g/mol. The van der Waals surface area contributed by atoms with Crippen molar-refractivity contribution < 1.29 is 9.18 Å². The van der Waals surface area contributed by atoms with E-state index in [1.165, 1.54) is 6.07 Å². The van der Waals surface area contributed by atoms with Crippen LogP contribution in [0.5, 0.6) is 0 Å². The Labute approximate surface area is 144 Å². The zero-order chi connectivity index (χ0) is 16.2. The lowest BCUT2D eigenvalue weighted by Crippen LogP contribution is -2.34. The second kappa shape index (κ2) is 7.26. The Bertz CT molecular complexity index is 683. The van der Waals surface area contributed by atoms with Crippen LogP contribution in [0.1, 0.15) is 42.9 Å². The summed E-state index contributed by atoms with van der Waals surface area (Å²) in [6, 6.07) is 14.1. The van der Waals surface area contributed by atoms with Crippen LogP contribution < -0.4 is 5.32 Å². The van der Waals surface area contributed by atoms with Crippen LogP contribution in [0.15, 0.2) is 53.0 Å². The Hall–Kier alpha value is -1.68. The lowest BCUT2D eigenvalue weighted by atomic mass is 9.97. The molecule has 0 spiro atoms. The quantitative estimate of drug-likeness (QED) is 0.801. The van der Waals surface area contributed by atoms with E-state index in [4.69, 9.17) is 0 Å². The Balaban J connectivity index is 1.92. The highest BCUT2D eigenvalue weighted by atomic mass is 79.9. The highest BCUT2D eigenvalue weighted by molar-refractivity contribution is 9.10. The molecule has 1 N–H and O–H groups in total. The predicted octanol–water partition coefficient (Wildman–Crippen LogP) is 4.98. The second-order valence-corrected chi connectivity index (χ2v) is 6.92. The van der Waals surface area contributed by atoms with Gasteiger partial charge >= 0.3 is 0 Å². The van der Waals surface area contributed by atoms with E-state index in [9.17, 15) is 9.18 Å². The number of hydrogen-bond donors (Lipinski definition) is 1. The van der Waals surface area contributed by atoms with Gasteiger partial charge < -0.3 is 5.32 Å². The third-order valence-corrected chi connectivity index (χ3v) is 4.91. The van der Waals surface area contributed by atoms with Gasteiger partial charge in [-0.3, -0.25) is 4.79 Å². The third-order valence-electron chi connectivity index (χ3n) is 4.42. The molecule has 120 valence electrons. The number of hydrogen-bond acceptors (Lipinski definition) is 1. The molecule has 4 heteroatoms. The van der Waals surface area contributed by atoms with Crippen LogP contribution in [-0.4, -0.2) is 5.91 Å². The van der Waals surface area contributed by atoms with Crippen molar-refractivity contribution in [3.05, 3.63) is 69.9 Å². The Morgan fingerprint density at radius 1 is 1.13 bits per heavy atom. The number of amides is 1. The second-order valence-electron chi connectivity index (χ2n) is 6.00. The number of halogens is 2. The van der Waals surface area contributed by atoms with Gasteiger partial charge in [-0.05, 0) is 30.5 Å². The minimum atomic E-state index is -0.461. The van der Waals surface area contributed by atoms with Crippen molar-refractivity contribution in [2.45, 2.75) is 31.7 Å². The number of nitrogens with one attached hydrogen (secondary N) is 1. The maximum absolute atomic E-state index is 14.4. The predicted molar refractivity (Wildman–Crippen MR) is 92.5 cm³/mol. The minimum absolute atomic E-state index is 0.0265. The Morgan fingerprint density at radius 3 is 2.48 bits per heavy atom. The van der Waals surface area contributed by atoms with E-state index in [0.717, 1.165) is 31.2 Å². The van der Waals surface area contributed by atoms with Crippen molar-refractivity contribution in [2.75, 3.05) is 0 Å². The molecule has 1 aliphatic carbocycles. The van der Waals surface area contributed by atoms with Gasteiger partial charge in [0.2, 0.25) is 5.91 Å². The largest absolute Gasteiger partial charge is 0.345 e. The van der Waals surface area contributed by atoms with Gasteiger partial charge in [0.05, 0.1) is 6.04 Å². The maximum Gasteiger partial charge on any atom is 0.223 e. The molecule has 1 fully saturated rings. The van der Waals surface area contributed by atoms with Crippen molar-refractivity contribution in [2.24, 2.45) is 5.92 Å². The topological polar surface area (TPSA) is 29.1 Å². The average molecular weight is 376 g/mol. The summed E-state index contributed by atoms with van der Waals surface area (Å²) in [5.41, 5.74) is 1.38. The molecule has 1 aliphatic rings. The summed E-state index contributed by atoms with van der Waals surface area (Å²) in [4.78, 5) is 12.5. The molecule has 0 saturated heterocycles. The van der Waals surface area contributed by atoms with E-state index in [1.54, 1.807) is 12.1 Å². The minimum Gasteiger partial charge on any atom is -0.345 e. The van der Waals surface area contributed by atoms with Crippen molar-refractivity contribution >= 4 is 21.8 Å². The molecule has 2 aromatic rings. The highest BCUT2D eigenvalue weighted by Crippen LogP contribution is 2.29. The molecule has 1 unspecified atom stereocenters. The molecule has 1 atom stereocenters. The van der Waals surface area contributed by atoms with Crippen LogP contribution in [0.3, 0.4) is 0 Å². The molecule has 3 rings (SSSR count). The fourth-order valence-corrected chi connectivity index (χ4v) is 3.50. The number of benzene rings is 2.